The van der Waals surface area contributed by atoms with E-state index >= 15 is 0 Å². The first-order valence-corrected chi connectivity index (χ1v) is 5.72. The van der Waals surface area contributed by atoms with Gasteiger partial charge in [0.2, 0.25) is 5.91 Å². The van der Waals surface area contributed by atoms with Gasteiger partial charge in [0.15, 0.2) is 0 Å². The third-order valence-electron chi connectivity index (χ3n) is 3.34. The molecule has 1 unspecified atom stereocenters. The van der Waals surface area contributed by atoms with Crippen molar-refractivity contribution in [3.63, 3.8) is 0 Å². The van der Waals surface area contributed by atoms with Crippen molar-refractivity contribution in [3.8, 4) is 0 Å². The summed E-state index contributed by atoms with van der Waals surface area (Å²) < 4.78 is 0. The number of carbonyl (C=O) groups excluding carboxylic acids is 1. The van der Waals surface area contributed by atoms with Gasteiger partial charge in [-0.25, -0.2) is 0 Å². The molecule has 0 spiro atoms. The number of carbonyl (C=O) groups is 1. The van der Waals surface area contributed by atoms with Crippen LogP contribution in [0, 0.1) is 5.92 Å². The lowest BCUT2D eigenvalue weighted by atomic mass is 9.99. The first-order chi connectivity index (χ1) is 7.70. The molecule has 1 aliphatic heterocycles. The molecular formula is C13H19ClN2O. The fourth-order valence-corrected chi connectivity index (χ4v) is 1.90. The van der Waals surface area contributed by atoms with Gasteiger partial charge in [0.05, 0.1) is 12.0 Å². The van der Waals surface area contributed by atoms with Gasteiger partial charge in [-0.3, -0.25) is 4.79 Å². The van der Waals surface area contributed by atoms with Crippen LogP contribution in [0.2, 0.25) is 0 Å². The second-order valence-corrected chi connectivity index (χ2v) is 4.39. The zero-order valence-corrected chi connectivity index (χ0v) is 11.0. The molecule has 3 nitrogen and oxygen atoms in total. The number of amides is 1. The van der Waals surface area contributed by atoms with Gasteiger partial charge < -0.3 is 10.2 Å². The van der Waals surface area contributed by atoms with E-state index in [9.17, 15) is 4.79 Å². The van der Waals surface area contributed by atoms with Crippen molar-refractivity contribution in [1.82, 2.24) is 10.2 Å². The van der Waals surface area contributed by atoms with Gasteiger partial charge in [0.1, 0.15) is 0 Å². The van der Waals surface area contributed by atoms with Gasteiger partial charge in [-0.05, 0) is 12.5 Å². The van der Waals surface area contributed by atoms with Gasteiger partial charge in [-0.15, -0.1) is 12.4 Å². The van der Waals surface area contributed by atoms with E-state index in [0.29, 0.717) is 0 Å². The zero-order chi connectivity index (χ0) is 11.5. The van der Waals surface area contributed by atoms with E-state index in [4.69, 9.17) is 0 Å². The molecule has 17 heavy (non-hydrogen) atoms. The monoisotopic (exact) mass is 254 g/mol. The largest absolute Gasteiger partial charge is 0.339 e. The summed E-state index contributed by atoms with van der Waals surface area (Å²) in [5.41, 5.74) is 1.19. The highest BCUT2D eigenvalue weighted by Crippen LogP contribution is 2.20. The van der Waals surface area contributed by atoms with Crippen LogP contribution in [0.1, 0.15) is 18.5 Å². The Kier molecular flexibility index (Phi) is 4.97. The normalized spacial score (nSPS) is 16.6. The summed E-state index contributed by atoms with van der Waals surface area (Å²) in [4.78, 5) is 13.9. The molecule has 1 aliphatic rings. The standard InChI is InChI=1S/C13H18N2O.ClH/c1-10(11-6-4-3-5-7-11)15(2)13(16)12-8-14-9-12;/h3-7,10,12,14H,8-9H2,1-2H3;1H. The molecule has 1 fully saturated rings. The second-order valence-electron chi connectivity index (χ2n) is 4.39. The molecule has 1 saturated heterocycles. The Labute approximate surface area is 109 Å². The van der Waals surface area contributed by atoms with Gasteiger partial charge >= 0.3 is 0 Å². The van der Waals surface area contributed by atoms with Crippen molar-refractivity contribution in [2.75, 3.05) is 20.1 Å². The average Bonchev–Trinajstić information content (AvgIpc) is 2.26. The molecule has 0 aromatic heterocycles. The highest BCUT2D eigenvalue weighted by Gasteiger charge is 2.29. The summed E-state index contributed by atoms with van der Waals surface area (Å²) in [5, 5.41) is 3.13. The summed E-state index contributed by atoms with van der Waals surface area (Å²) in [7, 11) is 1.89. The van der Waals surface area contributed by atoms with Crippen molar-refractivity contribution in [3.05, 3.63) is 35.9 Å². The molecule has 0 aliphatic carbocycles. The van der Waals surface area contributed by atoms with Crippen molar-refractivity contribution in [2.24, 2.45) is 5.92 Å². The smallest absolute Gasteiger partial charge is 0.228 e. The maximum Gasteiger partial charge on any atom is 0.228 e. The molecule has 1 heterocycles. The average molecular weight is 255 g/mol. The molecule has 1 N–H and O–H groups in total. The number of hydrogen-bond donors (Lipinski definition) is 1. The molecular weight excluding hydrogens is 236 g/mol. The minimum atomic E-state index is 0. The quantitative estimate of drug-likeness (QED) is 0.893. The Morgan fingerprint density at radius 3 is 2.41 bits per heavy atom. The molecule has 0 bridgehead atoms. The summed E-state index contributed by atoms with van der Waals surface area (Å²) >= 11 is 0. The number of hydrogen-bond acceptors (Lipinski definition) is 2. The van der Waals surface area contributed by atoms with Gasteiger partial charge in [0.25, 0.3) is 0 Å². The molecule has 0 radical (unpaired) electrons. The first kappa shape index (κ1) is 14.0. The summed E-state index contributed by atoms with van der Waals surface area (Å²) in [6.07, 6.45) is 0. The van der Waals surface area contributed by atoms with Crippen LogP contribution >= 0.6 is 12.4 Å². The predicted molar refractivity (Wildman–Crippen MR) is 71.2 cm³/mol. The molecule has 4 heteroatoms. The third kappa shape index (κ3) is 2.99. The van der Waals surface area contributed by atoms with Crippen molar-refractivity contribution in [1.29, 1.82) is 0 Å². The van der Waals surface area contributed by atoms with Crippen LogP contribution < -0.4 is 5.32 Å². The number of benzene rings is 1. The number of halogens is 1. The van der Waals surface area contributed by atoms with E-state index in [1.165, 1.54) is 5.56 Å². The Morgan fingerprint density at radius 1 is 1.35 bits per heavy atom. The molecule has 1 aromatic carbocycles. The van der Waals surface area contributed by atoms with Crippen LogP contribution in [-0.4, -0.2) is 30.9 Å². The molecule has 1 amide bonds. The van der Waals surface area contributed by atoms with Gasteiger partial charge in [0, 0.05) is 20.1 Å². The SMILES string of the molecule is CC(c1ccccc1)N(C)C(=O)C1CNC1.Cl. The molecule has 1 atom stereocenters. The van der Waals surface area contributed by atoms with E-state index in [2.05, 4.69) is 24.4 Å². The topological polar surface area (TPSA) is 32.3 Å². The summed E-state index contributed by atoms with van der Waals surface area (Å²) in [6, 6.07) is 10.3. The van der Waals surface area contributed by atoms with Crippen molar-refractivity contribution >= 4 is 18.3 Å². The highest BCUT2D eigenvalue weighted by molar-refractivity contribution is 5.85. The maximum atomic E-state index is 12.0. The Balaban J connectivity index is 0.00000144. The van der Waals surface area contributed by atoms with E-state index in [-0.39, 0.29) is 30.3 Å². The Hall–Kier alpha value is -1.06. The minimum Gasteiger partial charge on any atom is -0.339 e. The molecule has 2 rings (SSSR count). The van der Waals surface area contributed by atoms with E-state index in [0.717, 1.165) is 13.1 Å². The van der Waals surface area contributed by atoms with Crippen LogP contribution in [0.3, 0.4) is 0 Å². The lowest BCUT2D eigenvalue weighted by Gasteiger charge is -2.33. The second kappa shape index (κ2) is 6.03. The lowest BCUT2D eigenvalue weighted by molar-refractivity contribution is -0.137. The Morgan fingerprint density at radius 2 is 1.94 bits per heavy atom. The number of nitrogens with one attached hydrogen (secondary N) is 1. The van der Waals surface area contributed by atoms with Crippen molar-refractivity contribution < 1.29 is 4.79 Å². The summed E-state index contributed by atoms with van der Waals surface area (Å²) in [5.74, 6) is 0.422. The van der Waals surface area contributed by atoms with Crippen LogP contribution in [0.25, 0.3) is 0 Å². The van der Waals surface area contributed by atoms with Crippen LogP contribution in [0.4, 0.5) is 0 Å². The zero-order valence-electron chi connectivity index (χ0n) is 10.2. The molecule has 94 valence electrons. The van der Waals surface area contributed by atoms with E-state index in [1.54, 1.807) is 0 Å². The Bertz CT molecular complexity index is 365. The predicted octanol–water partition coefficient (Wildman–Crippen LogP) is 1.85. The maximum absolute atomic E-state index is 12.0. The highest BCUT2D eigenvalue weighted by atomic mass is 35.5. The van der Waals surface area contributed by atoms with Gasteiger partial charge in [-0.1, -0.05) is 30.3 Å². The lowest BCUT2D eigenvalue weighted by Crippen LogP contribution is -2.51. The molecule has 0 saturated carbocycles. The fourth-order valence-electron chi connectivity index (χ4n) is 1.90. The molecule has 1 aromatic rings. The van der Waals surface area contributed by atoms with Crippen LogP contribution in [0.5, 0.6) is 0 Å². The fraction of sp³-hybridized carbons (Fsp3) is 0.462. The minimum absolute atomic E-state index is 0. The van der Waals surface area contributed by atoms with Gasteiger partial charge in [-0.2, -0.15) is 0 Å². The van der Waals surface area contributed by atoms with Crippen LogP contribution in [0.15, 0.2) is 30.3 Å². The first-order valence-electron chi connectivity index (χ1n) is 5.72. The summed E-state index contributed by atoms with van der Waals surface area (Å²) in [6.45, 7) is 3.72. The van der Waals surface area contributed by atoms with Crippen molar-refractivity contribution in [2.45, 2.75) is 13.0 Å². The van der Waals surface area contributed by atoms with E-state index < -0.39 is 0 Å². The number of rotatable bonds is 3. The number of nitrogens with zero attached hydrogens (tertiary/aromatic N) is 1. The van der Waals surface area contributed by atoms with Crippen LogP contribution in [-0.2, 0) is 4.79 Å². The third-order valence-corrected chi connectivity index (χ3v) is 3.34. The van der Waals surface area contributed by atoms with E-state index in [1.807, 2.05) is 30.1 Å².